The molecule has 1 atom stereocenters. The maximum Gasteiger partial charge on any atom is 0.191 e. The van der Waals surface area contributed by atoms with Gasteiger partial charge in [0.2, 0.25) is 0 Å². The van der Waals surface area contributed by atoms with Crippen molar-refractivity contribution in [2.24, 2.45) is 4.99 Å². The summed E-state index contributed by atoms with van der Waals surface area (Å²) in [5.74, 6) is 0.861. The van der Waals surface area contributed by atoms with Crippen LogP contribution < -0.4 is 10.6 Å². The van der Waals surface area contributed by atoms with Crippen molar-refractivity contribution in [2.45, 2.75) is 33.0 Å². The van der Waals surface area contributed by atoms with Gasteiger partial charge in [0, 0.05) is 39.3 Å². The van der Waals surface area contributed by atoms with Crippen molar-refractivity contribution < 1.29 is 9.47 Å². The van der Waals surface area contributed by atoms with Crippen LogP contribution in [-0.2, 0) is 22.6 Å². The van der Waals surface area contributed by atoms with Gasteiger partial charge in [0.15, 0.2) is 5.96 Å². The van der Waals surface area contributed by atoms with Gasteiger partial charge in [-0.3, -0.25) is 4.90 Å². The van der Waals surface area contributed by atoms with Gasteiger partial charge in [-0.15, -0.1) is 0 Å². The van der Waals surface area contributed by atoms with Crippen molar-refractivity contribution in [3.63, 3.8) is 0 Å². The van der Waals surface area contributed by atoms with Crippen molar-refractivity contribution in [3.05, 3.63) is 35.4 Å². The number of hydrogen-bond donors (Lipinski definition) is 2. The highest BCUT2D eigenvalue weighted by atomic mass is 16.5. The van der Waals surface area contributed by atoms with Crippen LogP contribution in [0, 0.1) is 0 Å². The third-order valence-corrected chi connectivity index (χ3v) is 4.30. The van der Waals surface area contributed by atoms with Gasteiger partial charge < -0.3 is 20.1 Å². The number of ether oxygens (including phenoxy) is 2. The molecule has 0 spiro atoms. The first-order valence-corrected chi connectivity index (χ1v) is 9.13. The molecule has 0 amide bonds. The lowest BCUT2D eigenvalue weighted by Gasteiger charge is -2.32. The van der Waals surface area contributed by atoms with E-state index in [1.165, 1.54) is 11.1 Å². The molecule has 0 aromatic heterocycles. The molecule has 1 aromatic rings. The fourth-order valence-corrected chi connectivity index (χ4v) is 2.89. The van der Waals surface area contributed by atoms with Gasteiger partial charge in [-0.25, -0.2) is 4.99 Å². The smallest absolute Gasteiger partial charge is 0.191 e. The molecule has 1 unspecified atom stereocenters. The van der Waals surface area contributed by atoms with Crippen LogP contribution in [0.1, 0.15) is 25.0 Å². The van der Waals surface area contributed by atoms with E-state index < -0.39 is 0 Å². The van der Waals surface area contributed by atoms with E-state index in [4.69, 9.17) is 14.5 Å². The normalized spacial score (nSPS) is 17.3. The Morgan fingerprint density at radius 1 is 1.28 bits per heavy atom. The van der Waals surface area contributed by atoms with E-state index in [9.17, 15) is 0 Å². The highest BCUT2D eigenvalue weighted by Crippen LogP contribution is 2.08. The average Bonchev–Trinajstić information content (AvgIpc) is 2.65. The van der Waals surface area contributed by atoms with E-state index in [2.05, 4.69) is 53.6 Å². The minimum Gasteiger partial charge on any atom is -0.380 e. The van der Waals surface area contributed by atoms with E-state index in [0.29, 0.717) is 19.2 Å². The standard InChI is InChI=1S/C19H32N4O2/c1-4-20-19(21-13-16(2)23-8-10-25-11-9-23)22-14-17-6-5-7-18(12-17)15-24-3/h5-7,12,16H,4,8-11,13-15H2,1-3H3,(H2,20,21,22). The van der Waals surface area contributed by atoms with Crippen LogP contribution in [0.4, 0.5) is 0 Å². The van der Waals surface area contributed by atoms with Gasteiger partial charge in [-0.1, -0.05) is 24.3 Å². The summed E-state index contributed by atoms with van der Waals surface area (Å²) in [4.78, 5) is 7.17. The molecule has 0 aliphatic carbocycles. The molecule has 0 saturated carbocycles. The number of hydrogen-bond acceptors (Lipinski definition) is 4. The molecular weight excluding hydrogens is 316 g/mol. The third kappa shape index (κ3) is 7.02. The van der Waals surface area contributed by atoms with E-state index in [1.807, 2.05) is 0 Å². The van der Waals surface area contributed by atoms with Crippen LogP contribution in [0.25, 0.3) is 0 Å². The maximum atomic E-state index is 5.42. The van der Waals surface area contributed by atoms with Crippen molar-refractivity contribution >= 4 is 5.96 Å². The first-order valence-electron chi connectivity index (χ1n) is 9.13. The van der Waals surface area contributed by atoms with E-state index in [1.54, 1.807) is 7.11 Å². The number of guanidine groups is 1. The molecule has 2 N–H and O–H groups in total. The summed E-state index contributed by atoms with van der Waals surface area (Å²) in [6.07, 6.45) is 0. The highest BCUT2D eigenvalue weighted by Gasteiger charge is 2.16. The SMILES string of the molecule is CCNC(=NCc1cccc(COC)c1)NCC(C)N1CCOCC1. The topological polar surface area (TPSA) is 58.1 Å². The van der Waals surface area contributed by atoms with Crippen LogP contribution in [0.2, 0.25) is 0 Å². The fraction of sp³-hybridized carbons (Fsp3) is 0.632. The highest BCUT2D eigenvalue weighted by molar-refractivity contribution is 5.79. The van der Waals surface area contributed by atoms with E-state index >= 15 is 0 Å². The Hall–Kier alpha value is -1.63. The summed E-state index contributed by atoms with van der Waals surface area (Å²) in [5.41, 5.74) is 2.36. The van der Waals surface area contributed by atoms with Crippen LogP contribution in [0.15, 0.2) is 29.3 Å². The Morgan fingerprint density at radius 2 is 2.04 bits per heavy atom. The molecule has 0 radical (unpaired) electrons. The summed E-state index contributed by atoms with van der Waals surface area (Å²) in [5, 5.41) is 6.78. The van der Waals surface area contributed by atoms with Crippen LogP contribution in [-0.4, -0.2) is 63.4 Å². The van der Waals surface area contributed by atoms with E-state index in [0.717, 1.165) is 45.4 Å². The lowest BCUT2D eigenvalue weighted by Crippen LogP contribution is -2.49. The molecule has 140 valence electrons. The van der Waals surface area contributed by atoms with Gasteiger partial charge >= 0.3 is 0 Å². The first-order chi connectivity index (χ1) is 12.2. The molecule has 1 aromatic carbocycles. The molecule has 25 heavy (non-hydrogen) atoms. The lowest BCUT2D eigenvalue weighted by atomic mass is 10.1. The number of nitrogens with one attached hydrogen (secondary N) is 2. The fourth-order valence-electron chi connectivity index (χ4n) is 2.89. The van der Waals surface area contributed by atoms with Crippen molar-refractivity contribution in [1.82, 2.24) is 15.5 Å². The quantitative estimate of drug-likeness (QED) is 0.552. The van der Waals surface area contributed by atoms with E-state index in [-0.39, 0.29) is 0 Å². The molecular formula is C19H32N4O2. The number of aliphatic imine (C=N–C) groups is 1. The number of rotatable bonds is 8. The number of benzene rings is 1. The Bertz CT molecular complexity index is 530. The van der Waals surface area contributed by atoms with Gasteiger partial charge in [0.25, 0.3) is 0 Å². The van der Waals surface area contributed by atoms with Crippen molar-refractivity contribution in [2.75, 3.05) is 46.5 Å². The predicted molar refractivity (Wildman–Crippen MR) is 102 cm³/mol. The molecule has 1 aliphatic rings. The summed E-state index contributed by atoms with van der Waals surface area (Å²) >= 11 is 0. The molecule has 1 saturated heterocycles. The summed E-state index contributed by atoms with van der Waals surface area (Å²) in [7, 11) is 1.72. The Morgan fingerprint density at radius 3 is 2.76 bits per heavy atom. The minimum absolute atomic E-state index is 0.456. The van der Waals surface area contributed by atoms with Gasteiger partial charge in [-0.05, 0) is 25.0 Å². The minimum atomic E-state index is 0.456. The Labute approximate surface area is 151 Å². The van der Waals surface area contributed by atoms with Crippen LogP contribution >= 0.6 is 0 Å². The second kappa shape index (κ2) is 11.1. The molecule has 6 heteroatoms. The number of methoxy groups -OCH3 is 1. The zero-order chi connectivity index (χ0) is 17.9. The molecule has 6 nitrogen and oxygen atoms in total. The zero-order valence-corrected chi connectivity index (χ0v) is 15.8. The molecule has 0 bridgehead atoms. The Balaban J connectivity index is 1.87. The monoisotopic (exact) mass is 348 g/mol. The van der Waals surface area contributed by atoms with Crippen LogP contribution in [0.5, 0.6) is 0 Å². The van der Waals surface area contributed by atoms with Gasteiger partial charge in [0.05, 0.1) is 26.4 Å². The summed E-state index contributed by atoms with van der Waals surface area (Å²) < 4.78 is 10.6. The lowest BCUT2D eigenvalue weighted by molar-refractivity contribution is 0.0211. The maximum absolute atomic E-state index is 5.42. The number of nitrogens with zero attached hydrogens (tertiary/aromatic N) is 2. The summed E-state index contributed by atoms with van der Waals surface area (Å²) in [6, 6.07) is 8.83. The second-order valence-corrected chi connectivity index (χ2v) is 6.33. The molecule has 1 fully saturated rings. The van der Waals surface area contributed by atoms with Crippen LogP contribution in [0.3, 0.4) is 0 Å². The second-order valence-electron chi connectivity index (χ2n) is 6.33. The largest absolute Gasteiger partial charge is 0.380 e. The third-order valence-electron chi connectivity index (χ3n) is 4.30. The summed E-state index contributed by atoms with van der Waals surface area (Å²) in [6.45, 7) is 11.0. The van der Waals surface area contributed by atoms with Crippen molar-refractivity contribution in [3.8, 4) is 0 Å². The predicted octanol–water partition coefficient (Wildman–Crippen LogP) is 1.61. The Kier molecular flexibility index (Phi) is 8.72. The average molecular weight is 348 g/mol. The molecule has 1 heterocycles. The zero-order valence-electron chi connectivity index (χ0n) is 15.8. The first kappa shape index (κ1) is 19.7. The van der Waals surface area contributed by atoms with Crippen molar-refractivity contribution in [1.29, 1.82) is 0 Å². The molecule has 2 rings (SSSR count). The molecule has 1 aliphatic heterocycles. The van der Waals surface area contributed by atoms with Gasteiger partial charge in [-0.2, -0.15) is 0 Å². The number of morpholine rings is 1. The van der Waals surface area contributed by atoms with Gasteiger partial charge in [0.1, 0.15) is 0 Å².